The van der Waals surface area contributed by atoms with Crippen molar-refractivity contribution in [3.63, 3.8) is 0 Å². The highest BCUT2D eigenvalue weighted by Gasteiger charge is 2.19. The zero-order chi connectivity index (χ0) is 23.0. The zero-order valence-electron chi connectivity index (χ0n) is 18.4. The quantitative estimate of drug-likeness (QED) is 0.411. The number of methoxy groups -OCH3 is 2. The monoisotopic (exact) mass is 476 g/mol. The predicted octanol–water partition coefficient (Wildman–Crippen LogP) is 3.71. The molecule has 0 bridgehead atoms. The summed E-state index contributed by atoms with van der Waals surface area (Å²) in [6.07, 6.45) is 1.88. The molecule has 3 aromatic rings. The van der Waals surface area contributed by atoms with Crippen LogP contribution in [0.1, 0.15) is 31.2 Å². The molecule has 1 heterocycles. The first-order valence-electron chi connectivity index (χ1n) is 10.3. The van der Waals surface area contributed by atoms with Gasteiger partial charge in [0.1, 0.15) is 17.3 Å². The third kappa shape index (κ3) is 6.41. The molecule has 1 aromatic heterocycles. The minimum absolute atomic E-state index is 0.199. The summed E-state index contributed by atoms with van der Waals surface area (Å²) in [4.78, 5) is 4.75. The van der Waals surface area contributed by atoms with Gasteiger partial charge in [-0.2, -0.15) is 4.37 Å². The molecule has 0 saturated heterocycles. The second kappa shape index (κ2) is 11.3. The number of hydrogen-bond acceptors (Lipinski definition) is 8. The van der Waals surface area contributed by atoms with E-state index in [1.165, 1.54) is 23.7 Å². The number of nitrogens with one attached hydrogen (secondary N) is 2. The van der Waals surface area contributed by atoms with Crippen molar-refractivity contribution in [2.45, 2.75) is 37.1 Å². The lowest BCUT2D eigenvalue weighted by Crippen LogP contribution is -2.35. The Morgan fingerprint density at radius 2 is 1.81 bits per heavy atom. The maximum Gasteiger partial charge on any atom is 0.240 e. The first-order chi connectivity index (χ1) is 15.4. The third-order valence-electron chi connectivity index (χ3n) is 4.96. The molecule has 0 amide bonds. The molecule has 0 aliphatic carbocycles. The van der Waals surface area contributed by atoms with Crippen LogP contribution >= 0.6 is 11.5 Å². The number of hydrogen-bond donors (Lipinski definition) is 2. The van der Waals surface area contributed by atoms with Crippen LogP contribution in [0.2, 0.25) is 0 Å². The van der Waals surface area contributed by atoms with Gasteiger partial charge in [-0.25, -0.2) is 18.1 Å². The molecule has 0 radical (unpaired) electrons. The van der Waals surface area contributed by atoms with Crippen LogP contribution in [-0.2, 0) is 16.4 Å². The highest BCUT2D eigenvalue weighted by Crippen LogP contribution is 2.22. The summed E-state index contributed by atoms with van der Waals surface area (Å²) in [5.74, 6) is 2.14. The van der Waals surface area contributed by atoms with E-state index < -0.39 is 10.0 Å². The minimum Gasteiger partial charge on any atom is -0.497 e. The van der Waals surface area contributed by atoms with Gasteiger partial charge in [0.15, 0.2) is 0 Å². The Hall–Kier alpha value is -2.69. The second-order valence-electron chi connectivity index (χ2n) is 7.12. The molecule has 0 fully saturated rings. The first-order valence-corrected chi connectivity index (χ1v) is 12.6. The lowest BCUT2D eigenvalue weighted by atomic mass is 10.1. The topological polar surface area (TPSA) is 102 Å². The number of anilines is 1. The number of ether oxygens (including phenoxy) is 2. The molecule has 8 nitrogen and oxygen atoms in total. The fraction of sp³-hybridized carbons (Fsp3) is 0.364. The van der Waals surface area contributed by atoms with Gasteiger partial charge in [-0.1, -0.05) is 25.1 Å². The Morgan fingerprint density at radius 1 is 1.06 bits per heavy atom. The van der Waals surface area contributed by atoms with Crippen LogP contribution in [0, 0.1) is 0 Å². The fourth-order valence-corrected chi connectivity index (χ4v) is 5.12. The molecule has 32 heavy (non-hydrogen) atoms. The van der Waals surface area contributed by atoms with Gasteiger partial charge >= 0.3 is 0 Å². The number of benzene rings is 2. The normalized spacial score (nSPS) is 12.3. The molecule has 2 N–H and O–H groups in total. The summed E-state index contributed by atoms with van der Waals surface area (Å²) in [7, 11) is -0.410. The molecule has 0 saturated carbocycles. The smallest absolute Gasteiger partial charge is 0.240 e. The Bertz CT molecular complexity index is 1100. The first kappa shape index (κ1) is 24.0. The van der Waals surface area contributed by atoms with Crippen molar-refractivity contribution in [1.82, 2.24) is 14.1 Å². The van der Waals surface area contributed by atoms with Gasteiger partial charge in [-0.3, -0.25) is 0 Å². The van der Waals surface area contributed by atoms with E-state index in [0.717, 1.165) is 11.3 Å². The average molecular weight is 477 g/mol. The van der Waals surface area contributed by atoms with E-state index >= 15 is 0 Å². The van der Waals surface area contributed by atoms with Gasteiger partial charge in [0.25, 0.3) is 0 Å². The molecule has 0 aliphatic heterocycles. The Labute approximate surface area is 193 Å². The summed E-state index contributed by atoms with van der Waals surface area (Å²) < 4.78 is 43.0. The lowest BCUT2D eigenvalue weighted by molar-refractivity contribution is 0.410. The van der Waals surface area contributed by atoms with Crippen molar-refractivity contribution in [2.24, 2.45) is 0 Å². The summed E-state index contributed by atoms with van der Waals surface area (Å²) in [6.45, 7) is 2.53. The van der Waals surface area contributed by atoms with E-state index in [4.69, 9.17) is 9.47 Å². The summed E-state index contributed by atoms with van der Waals surface area (Å²) in [5, 5.41) is 3.96. The van der Waals surface area contributed by atoms with E-state index in [9.17, 15) is 8.42 Å². The zero-order valence-corrected chi connectivity index (χ0v) is 20.0. The number of sulfonamides is 1. The molecular formula is C22H28N4O4S2. The average Bonchev–Trinajstić information content (AvgIpc) is 3.25. The second-order valence-corrected chi connectivity index (χ2v) is 9.59. The summed E-state index contributed by atoms with van der Waals surface area (Å²) >= 11 is 1.29. The van der Waals surface area contributed by atoms with Gasteiger partial charge in [-0.15, -0.1) is 0 Å². The van der Waals surface area contributed by atoms with E-state index in [1.807, 2.05) is 31.2 Å². The SMILES string of the molecule is CCC(CCNc1nc(Cc2ccccc2OC)ns1)NS(=O)(=O)c1ccc(OC)cc1. The molecule has 1 atom stereocenters. The molecular weight excluding hydrogens is 448 g/mol. The van der Waals surface area contributed by atoms with Crippen LogP contribution in [0.3, 0.4) is 0 Å². The molecule has 0 aliphatic rings. The molecule has 0 spiro atoms. The van der Waals surface area contributed by atoms with Gasteiger partial charge in [0, 0.05) is 36.1 Å². The van der Waals surface area contributed by atoms with E-state index in [0.29, 0.717) is 42.5 Å². The molecule has 172 valence electrons. The number of nitrogens with zero attached hydrogens (tertiary/aromatic N) is 2. The van der Waals surface area contributed by atoms with Gasteiger partial charge < -0.3 is 14.8 Å². The highest BCUT2D eigenvalue weighted by molar-refractivity contribution is 7.89. The van der Waals surface area contributed by atoms with E-state index in [-0.39, 0.29) is 10.9 Å². The minimum atomic E-state index is -3.60. The maximum absolute atomic E-state index is 12.7. The van der Waals surface area contributed by atoms with E-state index in [1.54, 1.807) is 26.4 Å². The van der Waals surface area contributed by atoms with Crippen LogP contribution < -0.4 is 19.5 Å². The van der Waals surface area contributed by atoms with E-state index in [2.05, 4.69) is 19.4 Å². The van der Waals surface area contributed by atoms with Crippen molar-refractivity contribution in [3.8, 4) is 11.5 Å². The summed E-state index contributed by atoms with van der Waals surface area (Å²) in [5.41, 5.74) is 1.03. The van der Waals surface area contributed by atoms with Crippen molar-refractivity contribution in [1.29, 1.82) is 0 Å². The molecule has 10 heteroatoms. The van der Waals surface area contributed by atoms with Gasteiger partial charge in [-0.05, 0) is 43.2 Å². The number of rotatable bonds is 12. The van der Waals surface area contributed by atoms with Crippen molar-refractivity contribution < 1.29 is 17.9 Å². The molecule has 1 unspecified atom stereocenters. The number of para-hydroxylation sites is 1. The van der Waals surface area contributed by atoms with Crippen LogP contribution in [0.15, 0.2) is 53.4 Å². The summed E-state index contributed by atoms with van der Waals surface area (Å²) in [6, 6.07) is 13.9. The van der Waals surface area contributed by atoms with Crippen molar-refractivity contribution >= 4 is 26.7 Å². The van der Waals surface area contributed by atoms with Crippen LogP contribution in [-0.4, -0.2) is 44.6 Å². The third-order valence-corrected chi connectivity index (χ3v) is 7.21. The maximum atomic E-state index is 12.7. The fourth-order valence-electron chi connectivity index (χ4n) is 3.16. The van der Waals surface area contributed by atoms with Gasteiger partial charge in [0.05, 0.1) is 19.1 Å². The lowest BCUT2D eigenvalue weighted by Gasteiger charge is -2.17. The van der Waals surface area contributed by atoms with Crippen LogP contribution in [0.25, 0.3) is 0 Å². The Kier molecular flexibility index (Phi) is 8.43. The van der Waals surface area contributed by atoms with Gasteiger partial charge in [0.2, 0.25) is 15.2 Å². The molecule has 3 rings (SSSR count). The standard InChI is InChI=1S/C22H28N4O4S2/c1-4-17(26-32(27,28)19-11-9-18(29-2)10-12-19)13-14-23-22-24-21(25-31-22)15-16-7-5-6-8-20(16)30-3/h5-12,17,26H,4,13-15H2,1-3H3,(H,23,24,25). The Morgan fingerprint density at radius 3 is 2.50 bits per heavy atom. The van der Waals surface area contributed by atoms with Crippen molar-refractivity contribution in [3.05, 3.63) is 59.9 Å². The molecule has 2 aromatic carbocycles. The van der Waals surface area contributed by atoms with Crippen molar-refractivity contribution in [2.75, 3.05) is 26.1 Å². The Balaban J connectivity index is 1.52. The van der Waals surface area contributed by atoms with Crippen LogP contribution in [0.5, 0.6) is 11.5 Å². The highest BCUT2D eigenvalue weighted by atomic mass is 32.2. The number of aromatic nitrogens is 2. The van der Waals surface area contributed by atoms with Crippen LogP contribution in [0.4, 0.5) is 5.13 Å². The largest absolute Gasteiger partial charge is 0.497 e. The predicted molar refractivity (Wildman–Crippen MR) is 126 cm³/mol.